The lowest BCUT2D eigenvalue weighted by atomic mass is 9.80. The van der Waals surface area contributed by atoms with Gasteiger partial charge in [-0.3, -0.25) is 24.8 Å². The van der Waals surface area contributed by atoms with Crippen molar-refractivity contribution >= 4 is 5.91 Å². The first-order valence-electron chi connectivity index (χ1n) is 10.3. The molecule has 1 N–H and O–H groups in total. The molecule has 2 saturated heterocycles. The summed E-state index contributed by atoms with van der Waals surface area (Å²) in [5, 5.41) is 7.52. The summed E-state index contributed by atoms with van der Waals surface area (Å²) in [5.74, 6) is 1.91. The largest absolute Gasteiger partial charge is 0.337 e. The number of amides is 1. The molecule has 3 aromatic heterocycles. The molecule has 5 rings (SSSR count). The van der Waals surface area contributed by atoms with Gasteiger partial charge in [0.15, 0.2) is 5.82 Å². The molecule has 2 aliphatic rings. The maximum atomic E-state index is 13.1. The number of aromatic nitrogens is 5. The summed E-state index contributed by atoms with van der Waals surface area (Å²) in [6, 6.07) is 7.81. The summed E-state index contributed by atoms with van der Waals surface area (Å²) in [6.45, 7) is 7.75. The Morgan fingerprint density at radius 2 is 2.10 bits per heavy atom. The van der Waals surface area contributed by atoms with Crippen molar-refractivity contribution in [2.45, 2.75) is 25.8 Å². The number of aryl methyl sites for hydroxylation is 2. The third-order valence-corrected chi connectivity index (χ3v) is 6.28. The number of pyridine rings is 2. The number of nitrogens with zero attached hydrogens (tertiary/aromatic N) is 6. The zero-order valence-corrected chi connectivity index (χ0v) is 17.2. The summed E-state index contributed by atoms with van der Waals surface area (Å²) < 4.78 is 0. The molecular weight excluding hydrogens is 378 g/mol. The highest BCUT2D eigenvalue weighted by molar-refractivity contribution is 5.94. The fraction of sp³-hybridized carbons (Fsp3) is 0.409. The first kappa shape index (κ1) is 18.9. The second-order valence-corrected chi connectivity index (χ2v) is 8.52. The molecule has 8 nitrogen and oxygen atoms in total. The Hall–Kier alpha value is -3.13. The van der Waals surface area contributed by atoms with Crippen LogP contribution < -0.4 is 0 Å². The van der Waals surface area contributed by atoms with Gasteiger partial charge in [0.25, 0.3) is 5.91 Å². The third-order valence-electron chi connectivity index (χ3n) is 6.28. The van der Waals surface area contributed by atoms with Gasteiger partial charge < -0.3 is 4.90 Å². The Labute approximate surface area is 175 Å². The first-order chi connectivity index (χ1) is 14.5. The van der Waals surface area contributed by atoms with Gasteiger partial charge in [0.05, 0.1) is 16.7 Å². The standard InChI is InChI=1S/C22H25N7O/c1-15-5-6-19(24-8-15)12-28-10-18-11-29(20(30)17-4-3-7-23-9-17)14-22(18,13-28)21-25-16(2)26-27-21/h3-9,18H,10-14H2,1-2H3,(H,25,26,27). The van der Waals surface area contributed by atoms with Gasteiger partial charge in [0, 0.05) is 57.2 Å². The molecule has 0 saturated carbocycles. The quantitative estimate of drug-likeness (QED) is 0.714. The predicted molar refractivity (Wildman–Crippen MR) is 111 cm³/mol. The van der Waals surface area contributed by atoms with Gasteiger partial charge in [-0.25, -0.2) is 4.98 Å². The molecule has 154 valence electrons. The van der Waals surface area contributed by atoms with Gasteiger partial charge in [0.1, 0.15) is 5.82 Å². The van der Waals surface area contributed by atoms with Crippen LogP contribution in [0, 0.1) is 19.8 Å². The van der Waals surface area contributed by atoms with Gasteiger partial charge in [-0.2, -0.15) is 5.10 Å². The van der Waals surface area contributed by atoms with Crippen LogP contribution in [0.3, 0.4) is 0 Å². The third kappa shape index (κ3) is 3.27. The van der Waals surface area contributed by atoms with Crippen LogP contribution in [0.4, 0.5) is 0 Å². The molecule has 2 fully saturated rings. The van der Waals surface area contributed by atoms with E-state index in [0.29, 0.717) is 18.7 Å². The SMILES string of the molecule is Cc1ccc(CN2CC3CN(C(=O)c4cccnc4)CC3(c3n[nH]c(C)n3)C2)nc1. The average Bonchev–Trinajstić information content (AvgIpc) is 3.42. The van der Waals surface area contributed by atoms with E-state index in [0.717, 1.165) is 42.5 Å². The van der Waals surface area contributed by atoms with E-state index in [1.807, 2.05) is 31.0 Å². The molecule has 0 aromatic carbocycles. The maximum Gasteiger partial charge on any atom is 0.255 e. The molecule has 30 heavy (non-hydrogen) atoms. The highest BCUT2D eigenvalue weighted by Crippen LogP contribution is 2.44. The molecule has 1 amide bonds. The number of aromatic amines is 1. The molecule has 2 unspecified atom stereocenters. The minimum absolute atomic E-state index is 0.0240. The van der Waals surface area contributed by atoms with Gasteiger partial charge in [-0.15, -0.1) is 0 Å². The Balaban J connectivity index is 1.40. The normalized spacial score (nSPS) is 23.7. The van der Waals surface area contributed by atoms with E-state index >= 15 is 0 Å². The van der Waals surface area contributed by atoms with E-state index in [2.05, 4.69) is 42.2 Å². The molecule has 8 heteroatoms. The van der Waals surface area contributed by atoms with E-state index in [-0.39, 0.29) is 17.2 Å². The zero-order chi connectivity index (χ0) is 20.7. The predicted octanol–water partition coefficient (Wildman–Crippen LogP) is 1.74. The zero-order valence-electron chi connectivity index (χ0n) is 17.2. The summed E-state index contributed by atoms with van der Waals surface area (Å²) in [5.41, 5.74) is 2.58. The second kappa shape index (κ2) is 7.28. The fourth-order valence-corrected chi connectivity index (χ4v) is 4.82. The van der Waals surface area contributed by atoms with Crippen molar-refractivity contribution in [3.63, 3.8) is 0 Å². The van der Waals surface area contributed by atoms with Crippen LogP contribution in [0.2, 0.25) is 0 Å². The Kier molecular flexibility index (Phi) is 4.58. The fourth-order valence-electron chi connectivity index (χ4n) is 4.82. The highest BCUT2D eigenvalue weighted by atomic mass is 16.2. The number of likely N-dealkylation sites (tertiary alicyclic amines) is 2. The highest BCUT2D eigenvalue weighted by Gasteiger charge is 2.56. The molecule has 2 aliphatic heterocycles. The van der Waals surface area contributed by atoms with Crippen molar-refractivity contribution in [3.05, 3.63) is 71.3 Å². The van der Waals surface area contributed by atoms with Gasteiger partial charge >= 0.3 is 0 Å². The lowest BCUT2D eigenvalue weighted by molar-refractivity contribution is 0.0768. The number of hydrogen-bond donors (Lipinski definition) is 1. The number of nitrogens with one attached hydrogen (secondary N) is 1. The number of H-pyrrole nitrogens is 1. The van der Waals surface area contributed by atoms with Crippen LogP contribution in [0.1, 0.15) is 33.3 Å². The average molecular weight is 403 g/mol. The van der Waals surface area contributed by atoms with Crippen LogP contribution in [-0.2, 0) is 12.0 Å². The summed E-state index contributed by atoms with van der Waals surface area (Å²) in [7, 11) is 0. The van der Waals surface area contributed by atoms with Gasteiger partial charge in [0.2, 0.25) is 0 Å². The number of fused-ring (bicyclic) bond motifs is 1. The van der Waals surface area contributed by atoms with Crippen LogP contribution in [0.5, 0.6) is 0 Å². The number of carbonyl (C=O) groups excluding carboxylic acids is 1. The Morgan fingerprint density at radius 1 is 1.20 bits per heavy atom. The van der Waals surface area contributed by atoms with E-state index < -0.39 is 0 Å². The van der Waals surface area contributed by atoms with Gasteiger partial charge in [-0.1, -0.05) is 6.07 Å². The molecule has 0 bridgehead atoms. The van der Waals surface area contributed by atoms with Crippen molar-refractivity contribution in [1.29, 1.82) is 0 Å². The number of carbonyl (C=O) groups is 1. The van der Waals surface area contributed by atoms with E-state index in [1.165, 1.54) is 0 Å². The minimum atomic E-state index is -0.271. The molecule has 5 heterocycles. The summed E-state index contributed by atoms with van der Waals surface area (Å²) >= 11 is 0. The summed E-state index contributed by atoms with van der Waals surface area (Å²) in [6.07, 6.45) is 5.23. The van der Waals surface area contributed by atoms with Crippen molar-refractivity contribution in [2.24, 2.45) is 5.92 Å². The van der Waals surface area contributed by atoms with Crippen molar-refractivity contribution < 1.29 is 4.79 Å². The van der Waals surface area contributed by atoms with Crippen molar-refractivity contribution in [1.82, 2.24) is 34.9 Å². The van der Waals surface area contributed by atoms with E-state index in [4.69, 9.17) is 0 Å². The van der Waals surface area contributed by atoms with Crippen LogP contribution >= 0.6 is 0 Å². The van der Waals surface area contributed by atoms with E-state index in [1.54, 1.807) is 18.5 Å². The smallest absolute Gasteiger partial charge is 0.255 e. The lowest BCUT2D eigenvalue weighted by Gasteiger charge is -2.26. The van der Waals surface area contributed by atoms with Crippen LogP contribution in [0.25, 0.3) is 0 Å². The first-order valence-corrected chi connectivity index (χ1v) is 10.3. The molecule has 2 atom stereocenters. The number of hydrogen-bond acceptors (Lipinski definition) is 6. The molecule has 0 radical (unpaired) electrons. The Morgan fingerprint density at radius 3 is 2.80 bits per heavy atom. The van der Waals surface area contributed by atoms with E-state index in [9.17, 15) is 4.79 Å². The monoisotopic (exact) mass is 403 g/mol. The van der Waals surface area contributed by atoms with Gasteiger partial charge in [-0.05, 0) is 37.6 Å². The maximum absolute atomic E-state index is 13.1. The summed E-state index contributed by atoms with van der Waals surface area (Å²) in [4.78, 5) is 30.8. The lowest BCUT2D eigenvalue weighted by Crippen LogP contribution is -2.40. The molecular formula is C22H25N7O. The van der Waals surface area contributed by atoms with Crippen LogP contribution in [-0.4, -0.2) is 67.0 Å². The van der Waals surface area contributed by atoms with Crippen molar-refractivity contribution in [2.75, 3.05) is 26.2 Å². The minimum Gasteiger partial charge on any atom is -0.337 e. The molecule has 0 aliphatic carbocycles. The second-order valence-electron chi connectivity index (χ2n) is 8.52. The molecule has 0 spiro atoms. The topological polar surface area (TPSA) is 90.9 Å². The number of rotatable bonds is 4. The Bertz CT molecular complexity index is 1050. The molecule has 3 aromatic rings. The van der Waals surface area contributed by atoms with Crippen molar-refractivity contribution in [3.8, 4) is 0 Å². The van der Waals surface area contributed by atoms with Crippen LogP contribution in [0.15, 0.2) is 42.9 Å².